The minimum atomic E-state index is 0.109. The largest absolute Gasteiger partial charge is 0.336 e. The van der Waals surface area contributed by atoms with Crippen molar-refractivity contribution in [1.29, 1.82) is 0 Å². The highest BCUT2D eigenvalue weighted by molar-refractivity contribution is 5.93. The number of hydrogen-bond donors (Lipinski definition) is 0. The monoisotopic (exact) mass is 340 g/mol. The molecule has 1 amide bonds. The van der Waals surface area contributed by atoms with Gasteiger partial charge >= 0.3 is 0 Å². The van der Waals surface area contributed by atoms with Crippen LogP contribution in [-0.4, -0.2) is 57.3 Å². The van der Waals surface area contributed by atoms with Gasteiger partial charge in [0, 0.05) is 38.4 Å². The van der Waals surface area contributed by atoms with Gasteiger partial charge < -0.3 is 4.90 Å². The van der Waals surface area contributed by atoms with Gasteiger partial charge in [0.05, 0.1) is 6.20 Å². The smallest absolute Gasteiger partial charge is 0.272 e. The molecule has 2 aliphatic rings. The second-order valence-corrected chi connectivity index (χ2v) is 7.93. The summed E-state index contributed by atoms with van der Waals surface area (Å²) >= 11 is 0. The van der Waals surface area contributed by atoms with E-state index in [2.05, 4.69) is 23.7 Å². The fraction of sp³-hybridized carbons (Fsp3) is 0.600. The fourth-order valence-electron chi connectivity index (χ4n) is 3.99. The van der Waals surface area contributed by atoms with Crippen LogP contribution in [0, 0.1) is 11.8 Å². The molecule has 1 aliphatic carbocycles. The number of imidazole rings is 1. The average Bonchev–Trinajstić information content (AvgIpc) is 3.36. The Labute approximate surface area is 149 Å². The van der Waals surface area contributed by atoms with Crippen LogP contribution >= 0.6 is 0 Å². The third-order valence-electron chi connectivity index (χ3n) is 5.63. The van der Waals surface area contributed by atoms with Crippen LogP contribution in [0.25, 0.3) is 5.65 Å². The maximum atomic E-state index is 13.2. The number of pyridine rings is 1. The molecule has 2 aromatic rings. The lowest BCUT2D eigenvalue weighted by molar-refractivity contribution is 0.0697. The summed E-state index contributed by atoms with van der Waals surface area (Å²) in [6, 6.07) is 6.29. The van der Waals surface area contributed by atoms with Gasteiger partial charge in [0.1, 0.15) is 11.3 Å². The van der Waals surface area contributed by atoms with Crippen molar-refractivity contribution in [3.8, 4) is 0 Å². The summed E-state index contributed by atoms with van der Waals surface area (Å²) in [5.41, 5.74) is 1.50. The van der Waals surface area contributed by atoms with Crippen molar-refractivity contribution in [2.45, 2.75) is 39.2 Å². The third-order valence-corrected chi connectivity index (χ3v) is 5.63. The number of fused-ring (bicyclic) bond motifs is 1. The molecule has 2 aromatic heterocycles. The molecule has 3 heterocycles. The average molecular weight is 340 g/mol. The molecule has 1 aliphatic heterocycles. The van der Waals surface area contributed by atoms with Gasteiger partial charge in [0.25, 0.3) is 5.91 Å². The van der Waals surface area contributed by atoms with Crippen LogP contribution in [0.3, 0.4) is 0 Å². The minimum absolute atomic E-state index is 0.109. The van der Waals surface area contributed by atoms with E-state index in [9.17, 15) is 4.79 Å². The van der Waals surface area contributed by atoms with Crippen LogP contribution < -0.4 is 0 Å². The molecule has 1 saturated heterocycles. The first-order chi connectivity index (χ1) is 12.1. The number of hydrogen-bond acceptors (Lipinski definition) is 3. The summed E-state index contributed by atoms with van der Waals surface area (Å²) in [6.07, 6.45) is 7.46. The number of amides is 1. The first-order valence-electron chi connectivity index (χ1n) is 9.59. The van der Waals surface area contributed by atoms with Gasteiger partial charge in [0.15, 0.2) is 0 Å². The Morgan fingerprint density at radius 1 is 1.28 bits per heavy atom. The molecule has 0 N–H and O–H groups in total. The van der Waals surface area contributed by atoms with Crippen LogP contribution in [-0.2, 0) is 0 Å². The van der Waals surface area contributed by atoms with Crippen molar-refractivity contribution in [2.24, 2.45) is 11.8 Å². The highest BCUT2D eigenvalue weighted by atomic mass is 16.2. The molecule has 1 atom stereocenters. The van der Waals surface area contributed by atoms with E-state index in [0.29, 0.717) is 17.7 Å². The quantitative estimate of drug-likeness (QED) is 0.859. The minimum Gasteiger partial charge on any atom is -0.336 e. The Morgan fingerprint density at radius 3 is 2.88 bits per heavy atom. The summed E-state index contributed by atoms with van der Waals surface area (Å²) in [7, 11) is 0. The van der Waals surface area contributed by atoms with Crippen molar-refractivity contribution in [3.05, 3.63) is 36.3 Å². The summed E-state index contributed by atoms with van der Waals surface area (Å²) < 4.78 is 1.90. The van der Waals surface area contributed by atoms with Gasteiger partial charge in [-0.05, 0) is 43.2 Å². The molecule has 5 nitrogen and oxygen atoms in total. The van der Waals surface area contributed by atoms with Crippen LogP contribution in [0.2, 0.25) is 0 Å². The van der Waals surface area contributed by atoms with Gasteiger partial charge in [-0.2, -0.15) is 0 Å². The van der Waals surface area contributed by atoms with Gasteiger partial charge in [0.2, 0.25) is 0 Å². The van der Waals surface area contributed by atoms with E-state index >= 15 is 0 Å². The lowest BCUT2D eigenvalue weighted by Crippen LogP contribution is -2.46. The molecule has 5 heteroatoms. The third kappa shape index (κ3) is 3.43. The summed E-state index contributed by atoms with van der Waals surface area (Å²) in [6.45, 7) is 8.54. The molecule has 4 rings (SSSR count). The number of aromatic nitrogens is 2. The van der Waals surface area contributed by atoms with Crippen LogP contribution in [0.1, 0.15) is 43.6 Å². The summed E-state index contributed by atoms with van der Waals surface area (Å²) in [4.78, 5) is 22.3. The summed E-state index contributed by atoms with van der Waals surface area (Å²) in [5.74, 6) is 1.55. The molecule has 0 bridgehead atoms. The number of carbonyl (C=O) groups is 1. The van der Waals surface area contributed by atoms with Gasteiger partial charge in [-0.15, -0.1) is 0 Å². The fourth-order valence-corrected chi connectivity index (χ4v) is 3.99. The van der Waals surface area contributed by atoms with Crippen molar-refractivity contribution in [1.82, 2.24) is 19.2 Å². The lowest BCUT2D eigenvalue weighted by atomic mass is 10.0. The Hall–Kier alpha value is -1.88. The van der Waals surface area contributed by atoms with Gasteiger partial charge in [-0.25, -0.2) is 4.98 Å². The summed E-state index contributed by atoms with van der Waals surface area (Å²) in [5, 5.41) is 0. The second kappa shape index (κ2) is 6.79. The Kier molecular flexibility index (Phi) is 4.50. The molecule has 0 radical (unpaired) electrons. The van der Waals surface area contributed by atoms with Crippen molar-refractivity contribution >= 4 is 11.6 Å². The highest BCUT2D eigenvalue weighted by Crippen LogP contribution is 2.32. The molecule has 0 spiro atoms. The topological polar surface area (TPSA) is 40.9 Å². The second-order valence-electron chi connectivity index (χ2n) is 7.93. The predicted octanol–water partition coefficient (Wildman–Crippen LogP) is 2.92. The van der Waals surface area contributed by atoms with Crippen molar-refractivity contribution in [3.63, 3.8) is 0 Å². The first-order valence-corrected chi connectivity index (χ1v) is 9.59. The normalized spacial score (nSPS) is 22.5. The van der Waals surface area contributed by atoms with E-state index in [-0.39, 0.29) is 5.91 Å². The van der Waals surface area contributed by atoms with E-state index < -0.39 is 0 Å². The predicted molar refractivity (Wildman–Crippen MR) is 98.6 cm³/mol. The first kappa shape index (κ1) is 16.6. The Morgan fingerprint density at radius 2 is 2.12 bits per heavy atom. The number of rotatable bonds is 4. The molecule has 1 saturated carbocycles. The molecule has 0 aromatic carbocycles. The maximum absolute atomic E-state index is 13.2. The Bertz CT molecular complexity index is 749. The zero-order valence-electron chi connectivity index (χ0n) is 15.3. The Balaban J connectivity index is 1.55. The molecular weight excluding hydrogens is 312 g/mol. The van der Waals surface area contributed by atoms with E-state index in [1.807, 2.05) is 33.7 Å². The van der Waals surface area contributed by atoms with Crippen LogP contribution in [0.15, 0.2) is 30.6 Å². The van der Waals surface area contributed by atoms with E-state index in [1.165, 1.54) is 19.4 Å². The molecule has 134 valence electrons. The van der Waals surface area contributed by atoms with Crippen LogP contribution in [0.4, 0.5) is 0 Å². The van der Waals surface area contributed by atoms with Crippen molar-refractivity contribution < 1.29 is 4.79 Å². The van der Waals surface area contributed by atoms with E-state index in [4.69, 9.17) is 0 Å². The van der Waals surface area contributed by atoms with Crippen LogP contribution in [0.5, 0.6) is 0 Å². The zero-order chi connectivity index (χ0) is 17.4. The standard InChI is InChI=1S/C20H28N4O/c1-15(2)18-14-23(10-5-9-22(18)13-16-7-8-16)20(25)17-12-21-19-6-3-4-11-24(17)19/h3-4,6,11-12,15-16,18H,5,7-10,13-14H2,1-2H3. The SMILES string of the molecule is CC(C)C1CN(C(=O)c2cnc3ccccn23)CCCN1CC1CC1. The molecule has 2 fully saturated rings. The van der Waals surface area contributed by atoms with Gasteiger partial charge in [-0.1, -0.05) is 19.9 Å². The van der Waals surface area contributed by atoms with Crippen molar-refractivity contribution in [2.75, 3.05) is 26.2 Å². The van der Waals surface area contributed by atoms with E-state index in [0.717, 1.165) is 37.6 Å². The van der Waals surface area contributed by atoms with Gasteiger partial charge in [-0.3, -0.25) is 14.1 Å². The molecular formula is C20H28N4O. The molecule has 1 unspecified atom stereocenters. The maximum Gasteiger partial charge on any atom is 0.272 e. The van der Waals surface area contributed by atoms with E-state index in [1.54, 1.807) is 6.20 Å². The number of nitrogens with zero attached hydrogens (tertiary/aromatic N) is 4. The highest BCUT2D eigenvalue weighted by Gasteiger charge is 2.34. The lowest BCUT2D eigenvalue weighted by Gasteiger charge is -2.34. The molecule has 25 heavy (non-hydrogen) atoms. The number of carbonyl (C=O) groups excluding carboxylic acids is 1. The zero-order valence-corrected chi connectivity index (χ0v) is 15.3.